The molecule has 0 saturated heterocycles. The summed E-state index contributed by atoms with van der Waals surface area (Å²) in [6, 6.07) is 0. The first-order valence-electron chi connectivity index (χ1n) is 4.92. The van der Waals surface area contributed by atoms with Crippen molar-refractivity contribution < 1.29 is 9.90 Å². The van der Waals surface area contributed by atoms with Crippen molar-refractivity contribution in [3.8, 4) is 0 Å². The summed E-state index contributed by atoms with van der Waals surface area (Å²) >= 11 is 0. The van der Waals surface area contributed by atoms with Crippen molar-refractivity contribution in [1.82, 2.24) is 9.78 Å². The van der Waals surface area contributed by atoms with Crippen molar-refractivity contribution in [2.24, 2.45) is 0 Å². The zero-order chi connectivity index (χ0) is 10.6. The van der Waals surface area contributed by atoms with Crippen LogP contribution in [0.25, 0.3) is 0 Å². The number of hydrogen-bond donors (Lipinski definition) is 1. The number of aromatic carboxylic acids is 1. The van der Waals surface area contributed by atoms with Gasteiger partial charge in [0.15, 0.2) is 0 Å². The van der Waals surface area contributed by atoms with E-state index < -0.39 is 5.97 Å². The zero-order valence-corrected chi connectivity index (χ0v) is 8.66. The highest BCUT2D eigenvalue weighted by molar-refractivity contribution is 5.88. The lowest BCUT2D eigenvalue weighted by molar-refractivity contribution is 0.0696. The second kappa shape index (κ2) is 4.79. The predicted octanol–water partition coefficient (Wildman–Crippen LogP) is 2.08. The summed E-state index contributed by atoms with van der Waals surface area (Å²) in [4.78, 5) is 10.7. The maximum atomic E-state index is 10.7. The molecule has 0 atom stereocenters. The molecule has 0 saturated carbocycles. The van der Waals surface area contributed by atoms with E-state index in [2.05, 4.69) is 12.0 Å². The molecule has 0 aromatic carbocycles. The first kappa shape index (κ1) is 10.8. The molecule has 78 valence electrons. The van der Waals surface area contributed by atoms with Gasteiger partial charge in [0.25, 0.3) is 0 Å². The van der Waals surface area contributed by atoms with E-state index in [1.807, 2.05) is 0 Å². The number of carboxylic acid groups (broad SMARTS) is 1. The molecule has 4 nitrogen and oxygen atoms in total. The van der Waals surface area contributed by atoms with E-state index in [1.54, 1.807) is 11.6 Å². The van der Waals surface area contributed by atoms with Crippen molar-refractivity contribution in [3.05, 3.63) is 17.5 Å². The van der Waals surface area contributed by atoms with Gasteiger partial charge in [0, 0.05) is 12.2 Å². The van der Waals surface area contributed by atoms with E-state index >= 15 is 0 Å². The molecule has 4 heteroatoms. The van der Waals surface area contributed by atoms with Gasteiger partial charge in [0.2, 0.25) is 0 Å². The van der Waals surface area contributed by atoms with E-state index in [-0.39, 0.29) is 0 Å². The van der Waals surface area contributed by atoms with Crippen LogP contribution in [0.15, 0.2) is 6.20 Å². The Kier molecular flexibility index (Phi) is 3.68. The summed E-state index contributed by atoms with van der Waals surface area (Å²) in [6.45, 7) is 4.74. The van der Waals surface area contributed by atoms with E-state index in [4.69, 9.17) is 5.11 Å². The number of nitrogens with zero attached hydrogens (tertiary/aromatic N) is 2. The van der Waals surface area contributed by atoms with Crippen LogP contribution in [0.2, 0.25) is 0 Å². The number of carbonyl (C=O) groups is 1. The molecule has 1 aromatic rings. The van der Waals surface area contributed by atoms with Gasteiger partial charge in [-0.15, -0.1) is 0 Å². The Labute approximate surface area is 83.5 Å². The molecule has 1 heterocycles. The lowest BCUT2D eigenvalue weighted by Gasteiger charge is -2.03. The van der Waals surface area contributed by atoms with Crippen LogP contribution in [-0.4, -0.2) is 20.9 Å². The van der Waals surface area contributed by atoms with E-state index in [0.29, 0.717) is 5.56 Å². The van der Waals surface area contributed by atoms with Gasteiger partial charge in [-0.3, -0.25) is 4.68 Å². The Hall–Kier alpha value is -1.32. The molecule has 0 fully saturated rings. The summed E-state index contributed by atoms with van der Waals surface area (Å²) in [5, 5.41) is 12.8. The maximum absolute atomic E-state index is 10.7. The zero-order valence-electron chi connectivity index (χ0n) is 8.66. The molecule has 1 N–H and O–H groups in total. The number of hydrogen-bond acceptors (Lipinski definition) is 2. The minimum Gasteiger partial charge on any atom is -0.478 e. The summed E-state index contributed by atoms with van der Waals surface area (Å²) in [7, 11) is 0. The second-order valence-electron chi connectivity index (χ2n) is 3.38. The fourth-order valence-electron chi connectivity index (χ4n) is 1.39. The lowest BCUT2D eigenvalue weighted by Crippen LogP contribution is -2.04. The lowest BCUT2D eigenvalue weighted by atomic mass is 10.2. The van der Waals surface area contributed by atoms with Crippen LogP contribution in [0.4, 0.5) is 0 Å². The highest BCUT2D eigenvalue weighted by Gasteiger charge is 2.11. The van der Waals surface area contributed by atoms with Crippen LogP contribution in [0.5, 0.6) is 0 Å². The molecule has 14 heavy (non-hydrogen) atoms. The van der Waals surface area contributed by atoms with Crippen molar-refractivity contribution in [2.45, 2.75) is 39.7 Å². The van der Waals surface area contributed by atoms with E-state index in [9.17, 15) is 4.79 Å². The Balaban J connectivity index is 2.65. The van der Waals surface area contributed by atoms with E-state index in [0.717, 1.165) is 31.5 Å². The fourth-order valence-corrected chi connectivity index (χ4v) is 1.39. The minimum atomic E-state index is -0.899. The largest absolute Gasteiger partial charge is 0.478 e. The molecule has 0 amide bonds. The highest BCUT2D eigenvalue weighted by atomic mass is 16.4. The monoisotopic (exact) mass is 196 g/mol. The van der Waals surface area contributed by atoms with Crippen LogP contribution in [0, 0.1) is 6.92 Å². The normalized spacial score (nSPS) is 10.4. The third-order valence-electron chi connectivity index (χ3n) is 2.31. The molecule has 0 unspecified atom stereocenters. The quantitative estimate of drug-likeness (QED) is 0.733. The SMILES string of the molecule is CCCCCn1ncc(C(=O)O)c1C. The third kappa shape index (κ3) is 2.34. The van der Waals surface area contributed by atoms with Crippen LogP contribution < -0.4 is 0 Å². The number of aryl methyl sites for hydroxylation is 1. The van der Waals surface area contributed by atoms with Crippen LogP contribution >= 0.6 is 0 Å². The summed E-state index contributed by atoms with van der Waals surface area (Å²) in [6.07, 6.45) is 4.79. The van der Waals surface area contributed by atoms with Crippen molar-refractivity contribution in [2.75, 3.05) is 0 Å². The Morgan fingerprint density at radius 3 is 2.79 bits per heavy atom. The van der Waals surface area contributed by atoms with Gasteiger partial charge in [-0.2, -0.15) is 5.10 Å². The molecule has 1 aromatic heterocycles. The van der Waals surface area contributed by atoms with Crippen LogP contribution in [0.3, 0.4) is 0 Å². The number of rotatable bonds is 5. The molecule has 0 aliphatic heterocycles. The van der Waals surface area contributed by atoms with Gasteiger partial charge in [-0.05, 0) is 13.3 Å². The Morgan fingerprint density at radius 2 is 2.29 bits per heavy atom. The molecule has 0 aliphatic carbocycles. The Morgan fingerprint density at radius 1 is 1.57 bits per heavy atom. The average Bonchev–Trinajstić information content (AvgIpc) is 2.48. The third-order valence-corrected chi connectivity index (χ3v) is 2.31. The summed E-state index contributed by atoms with van der Waals surface area (Å²) in [5.41, 5.74) is 1.05. The van der Waals surface area contributed by atoms with Gasteiger partial charge in [-0.1, -0.05) is 19.8 Å². The molecular formula is C10H16N2O2. The smallest absolute Gasteiger partial charge is 0.339 e. The van der Waals surface area contributed by atoms with Gasteiger partial charge in [-0.25, -0.2) is 4.79 Å². The summed E-state index contributed by atoms with van der Waals surface area (Å²) < 4.78 is 1.76. The maximum Gasteiger partial charge on any atom is 0.339 e. The first-order valence-corrected chi connectivity index (χ1v) is 4.92. The molecule has 0 spiro atoms. The molecule has 0 bridgehead atoms. The van der Waals surface area contributed by atoms with Crippen LogP contribution in [0.1, 0.15) is 42.2 Å². The molecule has 1 rings (SSSR count). The van der Waals surface area contributed by atoms with Gasteiger partial charge in [0.1, 0.15) is 5.56 Å². The van der Waals surface area contributed by atoms with Gasteiger partial charge >= 0.3 is 5.97 Å². The second-order valence-corrected chi connectivity index (χ2v) is 3.38. The number of unbranched alkanes of at least 4 members (excludes halogenated alkanes) is 2. The molecule has 0 aliphatic rings. The molecular weight excluding hydrogens is 180 g/mol. The number of carboxylic acids is 1. The molecule has 0 radical (unpaired) electrons. The fraction of sp³-hybridized carbons (Fsp3) is 0.600. The standard InChI is InChI=1S/C10H16N2O2/c1-3-4-5-6-12-8(2)9(7-11-12)10(13)14/h7H,3-6H2,1-2H3,(H,13,14). The topological polar surface area (TPSA) is 55.1 Å². The number of aromatic nitrogens is 2. The summed E-state index contributed by atoms with van der Waals surface area (Å²) in [5.74, 6) is -0.899. The van der Waals surface area contributed by atoms with E-state index in [1.165, 1.54) is 6.20 Å². The predicted molar refractivity (Wildman–Crippen MR) is 53.4 cm³/mol. The van der Waals surface area contributed by atoms with Crippen molar-refractivity contribution in [1.29, 1.82) is 0 Å². The van der Waals surface area contributed by atoms with Gasteiger partial charge in [0.05, 0.1) is 6.20 Å². The highest BCUT2D eigenvalue weighted by Crippen LogP contribution is 2.08. The minimum absolute atomic E-state index is 0.307. The first-order chi connectivity index (χ1) is 6.66. The Bertz CT molecular complexity index is 318. The van der Waals surface area contributed by atoms with Crippen molar-refractivity contribution >= 4 is 5.97 Å². The van der Waals surface area contributed by atoms with Gasteiger partial charge < -0.3 is 5.11 Å². The average molecular weight is 196 g/mol. The van der Waals surface area contributed by atoms with Crippen LogP contribution in [-0.2, 0) is 6.54 Å². The van der Waals surface area contributed by atoms with Crippen molar-refractivity contribution in [3.63, 3.8) is 0 Å².